The molecule has 3 heterocycles. The summed E-state index contributed by atoms with van der Waals surface area (Å²) in [5, 5.41) is 4.61. The fourth-order valence-corrected chi connectivity index (χ4v) is 7.07. The van der Waals surface area contributed by atoms with Gasteiger partial charge in [0.25, 0.3) is 11.5 Å². The number of benzene rings is 3. The summed E-state index contributed by atoms with van der Waals surface area (Å²) >= 11 is 0. The highest BCUT2D eigenvalue weighted by Crippen LogP contribution is 2.26. The molecule has 2 fully saturated rings. The predicted octanol–water partition coefficient (Wildman–Crippen LogP) is 5.87. The van der Waals surface area contributed by atoms with Crippen molar-refractivity contribution in [3.63, 3.8) is 0 Å². The van der Waals surface area contributed by atoms with Crippen LogP contribution in [0.2, 0.25) is 0 Å². The lowest BCUT2D eigenvalue weighted by Gasteiger charge is -2.36. The van der Waals surface area contributed by atoms with Gasteiger partial charge in [-0.25, -0.2) is 0 Å². The highest BCUT2D eigenvalue weighted by atomic mass is 16.2. The van der Waals surface area contributed by atoms with Gasteiger partial charge in [-0.05, 0) is 75.6 Å². The van der Waals surface area contributed by atoms with Crippen LogP contribution in [-0.4, -0.2) is 77.5 Å². The molecule has 2 saturated heterocycles. The van der Waals surface area contributed by atoms with E-state index in [1.54, 1.807) is 4.57 Å². The third kappa shape index (κ3) is 7.38. The number of piperidine rings is 1. The molecule has 3 aromatic carbocycles. The summed E-state index contributed by atoms with van der Waals surface area (Å²) in [5.74, 6) is -0.141. The zero-order valence-electron chi connectivity index (χ0n) is 26.7. The Morgan fingerprint density at radius 1 is 0.711 bits per heavy atom. The first-order valence-electron chi connectivity index (χ1n) is 16.9. The maximum Gasteiger partial charge on any atom is 0.263 e. The summed E-state index contributed by atoms with van der Waals surface area (Å²) in [7, 11) is 0. The van der Waals surface area contributed by atoms with Crippen LogP contribution in [-0.2, 0) is 6.54 Å². The van der Waals surface area contributed by atoms with Crippen molar-refractivity contribution >= 4 is 16.7 Å². The van der Waals surface area contributed by atoms with Crippen molar-refractivity contribution in [3.05, 3.63) is 112 Å². The van der Waals surface area contributed by atoms with Crippen molar-refractivity contribution < 1.29 is 4.79 Å². The van der Waals surface area contributed by atoms with Gasteiger partial charge in [0.05, 0.1) is 17.3 Å². The molecule has 7 nitrogen and oxygen atoms in total. The molecule has 1 amide bonds. The van der Waals surface area contributed by atoms with Crippen LogP contribution in [0.3, 0.4) is 0 Å². The molecule has 1 N–H and O–H groups in total. The summed E-state index contributed by atoms with van der Waals surface area (Å²) in [6.45, 7) is 11.3. The summed E-state index contributed by atoms with van der Waals surface area (Å²) in [6, 6.07) is 27.3. The number of carbonyl (C=O) groups excluding carboxylic acids is 1. The van der Waals surface area contributed by atoms with Gasteiger partial charge in [-0.1, -0.05) is 80.1 Å². The lowest BCUT2D eigenvalue weighted by Crippen LogP contribution is -2.47. The summed E-state index contributed by atoms with van der Waals surface area (Å²) in [6.07, 6.45) is 6.03. The quantitative estimate of drug-likeness (QED) is 0.232. The zero-order chi connectivity index (χ0) is 31.0. The van der Waals surface area contributed by atoms with E-state index in [4.69, 9.17) is 0 Å². The molecule has 1 aromatic heterocycles. The number of piperazine rings is 1. The van der Waals surface area contributed by atoms with Gasteiger partial charge in [0.2, 0.25) is 0 Å². The van der Waals surface area contributed by atoms with Gasteiger partial charge in [0.1, 0.15) is 0 Å². The Morgan fingerprint density at radius 2 is 1.29 bits per heavy atom. The van der Waals surface area contributed by atoms with E-state index in [-0.39, 0.29) is 17.5 Å². The Balaban J connectivity index is 1.29. The number of aromatic nitrogens is 1. The Morgan fingerprint density at radius 3 is 1.96 bits per heavy atom. The van der Waals surface area contributed by atoms with E-state index in [1.807, 2.05) is 72.8 Å². The van der Waals surface area contributed by atoms with Gasteiger partial charge in [0.15, 0.2) is 0 Å². The minimum absolute atomic E-state index is 0.0881. The van der Waals surface area contributed by atoms with Crippen LogP contribution in [0.15, 0.2) is 89.7 Å². The first-order valence-corrected chi connectivity index (χ1v) is 16.9. The number of pyridine rings is 1. The van der Waals surface area contributed by atoms with E-state index in [9.17, 15) is 9.59 Å². The van der Waals surface area contributed by atoms with Gasteiger partial charge in [-0.3, -0.25) is 19.1 Å². The molecule has 0 bridgehead atoms. The molecule has 7 heteroatoms. The molecule has 0 unspecified atom stereocenters. The van der Waals surface area contributed by atoms with Crippen LogP contribution in [0.25, 0.3) is 16.5 Å². The van der Waals surface area contributed by atoms with Crippen LogP contribution in [0.4, 0.5) is 0 Å². The monoisotopic (exact) mass is 605 g/mol. The van der Waals surface area contributed by atoms with Crippen LogP contribution in [0.5, 0.6) is 0 Å². The van der Waals surface area contributed by atoms with Crippen molar-refractivity contribution in [2.45, 2.75) is 51.6 Å². The second kappa shape index (κ2) is 15.0. The maximum atomic E-state index is 14.4. The summed E-state index contributed by atoms with van der Waals surface area (Å²) in [4.78, 5) is 36.2. The molecular weight excluding hydrogens is 558 g/mol. The Bertz CT molecular complexity index is 1610. The van der Waals surface area contributed by atoms with E-state index < -0.39 is 0 Å². The highest BCUT2D eigenvalue weighted by Gasteiger charge is 2.27. The van der Waals surface area contributed by atoms with Crippen LogP contribution in [0.1, 0.15) is 66.7 Å². The number of fused-ring (bicyclic) bond motifs is 1. The smallest absolute Gasteiger partial charge is 0.263 e. The number of hydrogen-bond acceptors (Lipinski definition) is 5. The lowest BCUT2D eigenvalue weighted by molar-refractivity contribution is 0.0930. The molecule has 2 aliphatic rings. The van der Waals surface area contributed by atoms with Crippen LogP contribution >= 0.6 is 0 Å². The molecule has 0 aliphatic carbocycles. The van der Waals surface area contributed by atoms with Gasteiger partial charge in [-0.15, -0.1) is 0 Å². The molecule has 0 radical (unpaired) electrons. The molecule has 0 spiro atoms. The van der Waals surface area contributed by atoms with Crippen molar-refractivity contribution in [1.82, 2.24) is 24.6 Å². The van der Waals surface area contributed by atoms with Gasteiger partial charge in [-0.2, -0.15) is 0 Å². The minimum atomic E-state index is -0.141. The van der Waals surface area contributed by atoms with Gasteiger partial charge in [0, 0.05) is 49.2 Å². The average molecular weight is 606 g/mol. The normalized spacial score (nSPS) is 17.4. The SMILES string of the molecule is CC[C@H](NC(=O)c1c(CN2CCN(CCCN3CCCCC3)CC2)n(-c2ccccc2)c(=O)c2ccccc12)c1ccccc1. The summed E-state index contributed by atoms with van der Waals surface area (Å²) in [5.41, 5.74) is 3.11. The van der Waals surface area contributed by atoms with E-state index in [0.717, 1.165) is 56.1 Å². The number of hydrogen-bond donors (Lipinski definition) is 1. The third-order valence-corrected chi connectivity index (χ3v) is 9.58. The number of carbonyl (C=O) groups is 1. The largest absolute Gasteiger partial charge is 0.345 e. The number of likely N-dealkylation sites (tertiary alicyclic amines) is 1. The first kappa shape index (κ1) is 31.2. The molecule has 45 heavy (non-hydrogen) atoms. The molecule has 2 aliphatic heterocycles. The zero-order valence-corrected chi connectivity index (χ0v) is 26.7. The van der Waals surface area contributed by atoms with Crippen LogP contribution in [0, 0.1) is 0 Å². The third-order valence-electron chi connectivity index (χ3n) is 9.58. The van der Waals surface area contributed by atoms with Crippen molar-refractivity contribution in [3.8, 4) is 5.69 Å². The highest BCUT2D eigenvalue weighted by molar-refractivity contribution is 6.08. The Kier molecular flexibility index (Phi) is 10.4. The van der Waals surface area contributed by atoms with E-state index >= 15 is 0 Å². The van der Waals surface area contributed by atoms with Gasteiger partial charge < -0.3 is 15.1 Å². The number of amides is 1. The Hall–Kier alpha value is -3.78. The lowest BCUT2D eigenvalue weighted by atomic mass is 9.99. The fraction of sp³-hybridized carbons (Fsp3) is 0.421. The van der Waals surface area contributed by atoms with Crippen LogP contribution < -0.4 is 10.9 Å². The number of para-hydroxylation sites is 1. The average Bonchev–Trinajstić information content (AvgIpc) is 3.09. The standard InChI is InChI=1S/C38H47N5O2/c1-2-34(30-15-6-3-7-16-30)39-37(44)36-32-19-10-11-20-33(32)38(45)43(31-17-8-4-9-18-31)35(36)29-42-27-25-41(26-28-42)24-14-23-40-21-12-5-13-22-40/h3-4,6-11,15-20,34H,2,5,12-14,21-29H2,1H3,(H,39,44)/t34-/m0/s1. The maximum absolute atomic E-state index is 14.4. The first-order chi connectivity index (χ1) is 22.1. The molecule has 6 rings (SSSR count). The fourth-order valence-electron chi connectivity index (χ4n) is 7.07. The van der Waals surface area contributed by atoms with E-state index in [0.29, 0.717) is 22.9 Å². The predicted molar refractivity (Wildman–Crippen MR) is 183 cm³/mol. The molecular formula is C38H47N5O2. The van der Waals surface area contributed by atoms with Crippen molar-refractivity contribution in [2.75, 3.05) is 52.4 Å². The second-order valence-corrected chi connectivity index (χ2v) is 12.6. The summed E-state index contributed by atoms with van der Waals surface area (Å²) < 4.78 is 1.78. The minimum Gasteiger partial charge on any atom is -0.345 e. The van der Waals surface area contributed by atoms with Gasteiger partial charge >= 0.3 is 0 Å². The van der Waals surface area contributed by atoms with E-state index in [2.05, 4.69) is 39.1 Å². The number of rotatable bonds is 11. The number of nitrogens with one attached hydrogen (secondary N) is 1. The van der Waals surface area contributed by atoms with E-state index in [1.165, 1.54) is 45.3 Å². The molecule has 0 saturated carbocycles. The molecule has 236 valence electrons. The Labute approximate surface area is 267 Å². The van der Waals surface area contributed by atoms with Crippen molar-refractivity contribution in [2.24, 2.45) is 0 Å². The topological polar surface area (TPSA) is 60.8 Å². The molecule has 4 aromatic rings. The molecule has 1 atom stereocenters. The number of nitrogens with zero attached hydrogens (tertiary/aromatic N) is 4. The second-order valence-electron chi connectivity index (χ2n) is 12.6. The van der Waals surface area contributed by atoms with Crippen molar-refractivity contribution in [1.29, 1.82) is 0 Å².